The lowest BCUT2D eigenvalue weighted by Gasteiger charge is -2.17. The molecule has 0 aliphatic carbocycles. The summed E-state index contributed by atoms with van der Waals surface area (Å²) in [7, 11) is 3.03. The number of nitrogens with zero attached hydrogens (tertiary/aromatic N) is 1. The number of amides is 1. The second-order valence-electron chi connectivity index (χ2n) is 8.28. The van der Waals surface area contributed by atoms with Crippen molar-refractivity contribution in [3.8, 4) is 17.2 Å². The fraction of sp³-hybridized carbons (Fsp3) is 0.214. The van der Waals surface area contributed by atoms with Crippen LogP contribution in [0.3, 0.4) is 0 Å². The molecule has 1 fully saturated rings. The zero-order chi connectivity index (χ0) is 26.4. The lowest BCUT2D eigenvalue weighted by atomic mass is 10.1. The standard InChI is InChI=1S/C28H25NO8/c1-34-23-7-3-5-19(13-23)28(33)37-22-11-9-18(10-12-22)25(30)17-36-27(32)20-14-26(31)29(16-20)21-6-4-8-24(15-21)35-2/h3-13,15,20H,14,16-17H2,1-2H3/t20-/m0/s1. The highest BCUT2D eigenvalue weighted by Gasteiger charge is 2.36. The summed E-state index contributed by atoms with van der Waals surface area (Å²) in [5, 5.41) is 0. The maximum absolute atomic E-state index is 12.5. The van der Waals surface area contributed by atoms with E-state index < -0.39 is 30.2 Å². The van der Waals surface area contributed by atoms with E-state index in [0.717, 1.165) is 0 Å². The number of carbonyl (C=O) groups is 4. The third kappa shape index (κ3) is 6.13. The molecule has 1 saturated heterocycles. The predicted molar refractivity (Wildman–Crippen MR) is 133 cm³/mol. The number of benzene rings is 3. The summed E-state index contributed by atoms with van der Waals surface area (Å²) in [6.45, 7) is -0.308. The number of anilines is 1. The van der Waals surface area contributed by atoms with Gasteiger partial charge in [0.15, 0.2) is 12.4 Å². The van der Waals surface area contributed by atoms with E-state index in [0.29, 0.717) is 22.7 Å². The third-order valence-electron chi connectivity index (χ3n) is 5.86. The van der Waals surface area contributed by atoms with Gasteiger partial charge in [0.25, 0.3) is 0 Å². The SMILES string of the molecule is COc1cccc(C(=O)Oc2ccc(C(=O)COC(=O)[C@H]3CC(=O)N(c4cccc(OC)c4)C3)cc2)c1. The Morgan fingerprint density at radius 3 is 2.22 bits per heavy atom. The fourth-order valence-electron chi connectivity index (χ4n) is 3.86. The number of hydrogen-bond donors (Lipinski definition) is 0. The minimum absolute atomic E-state index is 0.00239. The van der Waals surface area contributed by atoms with Crippen molar-refractivity contribution in [3.05, 3.63) is 83.9 Å². The first-order chi connectivity index (χ1) is 17.9. The smallest absolute Gasteiger partial charge is 0.343 e. The number of hydrogen-bond acceptors (Lipinski definition) is 8. The van der Waals surface area contributed by atoms with Crippen molar-refractivity contribution in [1.29, 1.82) is 0 Å². The number of ketones is 1. The molecule has 37 heavy (non-hydrogen) atoms. The van der Waals surface area contributed by atoms with E-state index in [1.165, 1.54) is 43.4 Å². The highest BCUT2D eigenvalue weighted by Crippen LogP contribution is 2.28. The van der Waals surface area contributed by atoms with E-state index in [1.54, 1.807) is 48.5 Å². The molecule has 9 nitrogen and oxygen atoms in total. The van der Waals surface area contributed by atoms with Crippen LogP contribution >= 0.6 is 0 Å². The number of rotatable bonds is 9. The van der Waals surface area contributed by atoms with Gasteiger partial charge in [-0.3, -0.25) is 14.4 Å². The molecule has 0 saturated carbocycles. The van der Waals surface area contributed by atoms with Crippen molar-refractivity contribution >= 4 is 29.3 Å². The lowest BCUT2D eigenvalue weighted by Crippen LogP contribution is -2.27. The average molecular weight is 504 g/mol. The van der Waals surface area contributed by atoms with Gasteiger partial charge in [0.1, 0.15) is 17.2 Å². The Morgan fingerprint density at radius 1 is 0.838 bits per heavy atom. The first kappa shape index (κ1) is 25.4. The molecule has 1 atom stereocenters. The summed E-state index contributed by atoms with van der Waals surface area (Å²) in [5.74, 6) is -1.11. The van der Waals surface area contributed by atoms with Gasteiger partial charge in [-0.25, -0.2) is 4.79 Å². The summed E-state index contributed by atoms with van der Waals surface area (Å²) in [6.07, 6.45) is -0.00239. The van der Waals surface area contributed by atoms with Gasteiger partial charge in [-0.1, -0.05) is 12.1 Å². The van der Waals surface area contributed by atoms with Crippen LogP contribution < -0.4 is 19.1 Å². The van der Waals surface area contributed by atoms with Crippen molar-refractivity contribution < 1.29 is 38.1 Å². The Bertz CT molecular complexity index is 1320. The van der Waals surface area contributed by atoms with Gasteiger partial charge in [-0.15, -0.1) is 0 Å². The Morgan fingerprint density at radius 2 is 1.51 bits per heavy atom. The van der Waals surface area contributed by atoms with E-state index in [9.17, 15) is 19.2 Å². The largest absolute Gasteiger partial charge is 0.497 e. The zero-order valence-electron chi connectivity index (χ0n) is 20.3. The highest BCUT2D eigenvalue weighted by atomic mass is 16.5. The van der Waals surface area contributed by atoms with Crippen LogP contribution in [0.1, 0.15) is 27.1 Å². The Hall–Kier alpha value is -4.66. The number of ether oxygens (including phenoxy) is 4. The van der Waals surface area contributed by atoms with Gasteiger partial charge in [0, 0.05) is 30.3 Å². The molecule has 1 aliphatic heterocycles. The Balaban J connectivity index is 1.29. The summed E-state index contributed by atoms with van der Waals surface area (Å²) in [5.41, 5.74) is 1.24. The molecule has 4 rings (SSSR count). The van der Waals surface area contributed by atoms with Crippen molar-refractivity contribution in [1.82, 2.24) is 0 Å². The number of Topliss-reactive ketones (excluding diaryl/α,β-unsaturated/α-hetero) is 1. The van der Waals surface area contributed by atoms with E-state index in [4.69, 9.17) is 18.9 Å². The molecule has 0 aromatic heterocycles. The quantitative estimate of drug-likeness (QED) is 0.247. The van der Waals surface area contributed by atoms with Crippen molar-refractivity contribution in [2.75, 3.05) is 32.3 Å². The van der Waals surface area contributed by atoms with Crippen LogP contribution in [-0.2, 0) is 14.3 Å². The van der Waals surface area contributed by atoms with Gasteiger partial charge < -0.3 is 23.8 Å². The Kier molecular flexibility index (Phi) is 7.83. The second-order valence-corrected chi connectivity index (χ2v) is 8.28. The second kappa shape index (κ2) is 11.4. The third-order valence-corrected chi connectivity index (χ3v) is 5.86. The van der Waals surface area contributed by atoms with Gasteiger partial charge in [-0.2, -0.15) is 0 Å². The summed E-state index contributed by atoms with van der Waals surface area (Å²) in [4.78, 5) is 51.3. The van der Waals surface area contributed by atoms with E-state index in [1.807, 2.05) is 0 Å². The minimum atomic E-state index is -0.676. The summed E-state index contributed by atoms with van der Waals surface area (Å²) in [6, 6.07) is 19.5. The molecule has 1 heterocycles. The summed E-state index contributed by atoms with van der Waals surface area (Å²) < 4.78 is 20.8. The molecular weight excluding hydrogens is 478 g/mol. The minimum Gasteiger partial charge on any atom is -0.497 e. The van der Waals surface area contributed by atoms with E-state index >= 15 is 0 Å². The first-order valence-corrected chi connectivity index (χ1v) is 11.5. The molecule has 0 unspecified atom stereocenters. The van der Waals surface area contributed by atoms with Crippen LogP contribution in [0, 0.1) is 5.92 Å². The molecule has 190 valence electrons. The van der Waals surface area contributed by atoms with Crippen LogP contribution in [0.5, 0.6) is 17.2 Å². The maximum Gasteiger partial charge on any atom is 0.343 e. The van der Waals surface area contributed by atoms with Crippen molar-refractivity contribution in [3.63, 3.8) is 0 Å². The molecule has 0 radical (unpaired) electrons. The number of esters is 2. The molecule has 3 aromatic carbocycles. The van der Waals surface area contributed by atoms with Gasteiger partial charge in [0.05, 0.1) is 25.7 Å². The number of carbonyl (C=O) groups excluding carboxylic acids is 4. The fourth-order valence-corrected chi connectivity index (χ4v) is 3.86. The van der Waals surface area contributed by atoms with Crippen LogP contribution in [0.25, 0.3) is 0 Å². The maximum atomic E-state index is 12.5. The topological polar surface area (TPSA) is 108 Å². The van der Waals surface area contributed by atoms with Crippen LogP contribution in [0.2, 0.25) is 0 Å². The molecule has 0 bridgehead atoms. The Labute approximate surface area is 213 Å². The molecular formula is C28H25NO8. The molecule has 3 aromatic rings. The zero-order valence-corrected chi connectivity index (χ0v) is 20.3. The van der Waals surface area contributed by atoms with Gasteiger partial charge in [-0.05, 0) is 54.6 Å². The molecule has 1 aliphatic rings. The first-order valence-electron chi connectivity index (χ1n) is 11.5. The number of methoxy groups -OCH3 is 2. The lowest BCUT2D eigenvalue weighted by molar-refractivity contribution is -0.147. The highest BCUT2D eigenvalue weighted by molar-refractivity contribution is 6.01. The molecule has 0 spiro atoms. The van der Waals surface area contributed by atoms with E-state index in [2.05, 4.69) is 0 Å². The summed E-state index contributed by atoms with van der Waals surface area (Å²) >= 11 is 0. The van der Waals surface area contributed by atoms with Crippen LogP contribution in [-0.4, -0.2) is 51.0 Å². The van der Waals surface area contributed by atoms with Crippen LogP contribution in [0.4, 0.5) is 5.69 Å². The molecule has 9 heteroatoms. The van der Waals surface area contributed by atoms with E-state index in [-0.39, 0.29) is 30.2 Å². The molecule has 1 amide bonds. The molecule has 0 N–H and O–H groups in total. The van der Waals surface area contributed by atoms with Gasteiger partial charge >= 0.3 is 11.9 Å². The normalized spacial score (nSPS) is 14.7. The van der Waals surface area contributed by atoms with Crippen LogP contribution in [0.15, 0.2) is 72.8 Å². The average Bonchev–Trinajstić information content (AvgIpc) is 3.33. The van der Waals surface area contributed by atoms with Crippen molar-refractivity contribution in [2.45, 2.75) is 6.42 Å². The predicted octanol–water partition coefficient (Wildman–Crippen LogP) is 3.70. The van der Waals surface area contributed by atoms with Gasteiger partial charge in [0.2, 0.25) is 5.91 Å². The van der Waals surface area contributed by atoms with Crippen molar-refractivity contribution in [2.24, 2.45) is 5.92 Å². The monoisotopic (exact) mass is 503 g/mol.